The molecule has 1 amide bonds. The van der Waals surface area contributed by atoms with Crippen molar-refractivity contribution in [3.8, 4) is 0 Å². The first kappa shape index (κ1) is 14.1. The Balaban J connectivity index is 1.80. The molecule has 3 rings (SSSR count). The third-order valence-corrected chi connectivity index (χ3v) is 4.95. The monoisotopic (exact) mass is 287 g/mol. The van der Waals surface area contributed by atoms with Gasteiger partial charge in [0.2, 0.25) is 5.91 Å². The van der Waals surface area contributed by atoms with Crippen molar-refractivity contribution in [3.05, 3.63) is 35.4 Å². The van der Waals surface area contributed by atoms with Gasteiger partial charge in [-0.3, -0.25) is 9.59 Å². The molecule has 0 radical (unpaired) electrons. The lowest BCUT2D eigenvalue weighted by molar-refractivity contribution is -0.147. The summed E-state index contributed by atoms with van der Waals surface area (Å²) in [5, 5.41) is 9.21. The molecule has 3 atom stereocenters. The molecule has 1 saturated heterocycles. The number of nitrogens with zero attached hydrogens (tertiary/aromatic N) is 1. The van der Waals surface area contributed by atoms with Crippen LogP contribution in [0.3, 0.4) is 0 Å². The average Bonchev–Trinajstić information content (AvgIpc) is 2.90. The molecule has 112 valence electrons. The molecule has 1 heterocycles. The van der Waals surface area contributed by atoms with Crippen LogP contribution in [-0.2, 0) is 16.0 Å². The second-order valence-electron chi connectivity index (χ2n) is 6.24. The molecule has 4 nitrogen and oxygen atoms in total. The fourth-order valence-corrected chi connectivity index (χ4v) is 3.63. The maximum absolute atomic E-state index is 12.9. The van der Waals surface area contributed by atoms with Crippen LogP contribution in [0.15, 0.2) is 24.3 Å². The summed E-state index contributed by atoms with van der Waals surface area (Å²) in [6, 6.07) is 8.25. The van der Waals surface area contributed by atoms with E-state index in [0.717, 1.165) is 24.8 Å². The molecule has 21 heavy (non-hydrogen) atoms. The number of hydrogen-bond donors (Lipinski definition) is 1. The average molecular weight is 287 g/mol. The molecule has 0 aromatic heterocycles. The number of amides is 1. The first-order chi connectivity index (χ1) is 10.1. The quantitative estimate of drug-likeness (QED) is 0.909. The SMILES string of the molecule is CC1CCC(C(=O)O)CN1C(=O)C1CCc2ccccc21. The molecular weight excluding hydrogens is 266 g/mol. The summed E-state index contributed by atoms with van der Waals surface area (Å²) in [4.78, 5) is 25.9. The Morgan fingerprint density at radius 2 is 1.95 bits per heavy atom. The van der Waals surface area contributed by atoms with Crippen molar-refractivity contribution in [1.29, 1.82) is 0 Å². The van der Waals surface area contributed by atoms with E-state index in [4.69, 9.17) is 0 Å². The van der Waals surface area contributed by atoms with Gasteiger partial charge in [0.1, 0.15) is 0 Å². The smallest absolute Gasteiger partial charge is 0.308 e. The maximum Gasteiger partial charge on any atom is 0.308 e. The van der Waals surface area contributed by atoms with Gasteiger partial charge in [-0.1, -0.05) is 24.3 Å². The van der Waals surface area contributed by atoms with E-state index in [1.807, 2.05) is 25.1 Å². The summed E-state index contributed by atoms with van der Waals surface area (Å²) < 4.78 is 0. The first-order valence-corrected chi connectivity index (χ1v) is 7.69. The topological polar surface area (TPSA) is 57.6 Å². The minimum Gasteiger partial charge on any atom is -0.481 e. The largest absolute Gasteiger partial charge is 0.481 e. The van der Waals surface area contributed by atoms with E-state index in [1.165, 1.54) is 5.56 Å². The van der Waals surface area contributed by atoms with Crippen LogP contribution in [-0.4, -0.2) is 34.5 Å². The van der Waals surface area contributed by atoms with E-state index in [0.29, 0.717) is 13.0 Å². The minimum atomic E-state index is -0.786. The van der Waals surface area contributed by atoms with Crippen molar-refractivity contribution in [2.45, 2.75) is 44.6 Å². The van der Waals surface area contributed by atoms with Gasteiger partial charge < -0.3 is 10.0 Å². The molecule has 0 spiro atoms. The molecular formula is C17H21NO3. The molecule has 1 fully saturated rings. The predicted octanol–water partition coefficient (Wildman–Crippen LogP) is 2.43. The Bertz CT molecular complexity index is 569. The van der Waals surface area contributed by atoms with Gasteiger partial charge in [0.15, 0.2) is 0 Å². The van der Waals surface area contributed by atoms with Crippen molar-refractivity contribution >= 4 is 11.9 Å². The first-order valence-electron chi connectivity index (χ1n) is 7.69. The molecule has 4 heteroatoms. The summed E-state index contributed by atoms with van der Waals surface area (Å²) in [6.07, 6.45) is 3.23. The fraction of sp³-hybridized carbons (Fsp3) is 0.529. The van der Waals surface area contributed by atoms with E-state index in [-0.39, 0.29) is 17.9 Å². The molecule has 0 saturated carbocycles. The van der Waals surface area contributed by atoms with E-state index >= 15 is 0 Å². The lowest BCUT2D eigenvalue weighted by Gasteiger charge is -2.38. The molecule has 1 aliphatic heterocycles. The number of carbonyl (C=O) groups excluding carboxylic acids is 1. The number of carbonyl (C=O) groups is 2. The van der Waals surface area contributed by atoms with E-state index in [9.17, 15) is 14.7 Å². The van der Waals surface area contributed by atoms with Crippen LogP contribution in [0.5, 0.6) is 0 Å². The third-order valence-electron chi connectivity index (χ3n) is 4.95. The molecule has 3 unspecified atom stereocenters. The Morgan fingerprint density at radius 3 is 2.71 bits per heavy atom. The summed E-state index contributed by atoms with van der Waals surface area (Å²) in [6.45, 7) is 2.38. The van der Waals surface area contributed by atoms with Crippen LogP contribution in [0.4, 0.5) is 0 Å². The Labute approximate surface area is 124 Å². The zero-order valence-corrected chi connectivity index (χ0v) is 12.3. The van der Waals surface area contributed by atoms with Gasteiger partial charge in [0.25, 0.3) is 0 Å². The molecule has 2 aliphatic rings. The van der Waals surface area contributed by atoms with Crippen molar-refractivity contribution in [1.82, 2.24) is 4.90 Å². The van der Waals surface area contributed by atoms with E-state index in [2.05, 4.69) is 6.07 Å². The van der Waals surface area contributed by atoms with Gasteiger partial charge >= 0.3 is 5.97 Å². The highest BCUT2D eigenvalue weighted by molar-refractivity contribution is 5.86. The van der Waals surface area contributed by atoms with Crippen LogP contribution in [0.25, 0.3) is 0 Å². The molecule has 1 aromatic carbocycles. The molecule has 1 aromatic rings. The lowest BCUT2D eigenvalue weighted by atomic mass is 9.91. The number of likely N-dealkylation sites (tertiary alicyclic amines) is 1. The zero-order valence-electron chi connectivity index (χ0n) is 12.3. The Kier molecular flexibility index (Phi) is 3.70. The van der Waals surface area contributed by atoms with Crippen LogP contribution < -0.4 is 0 Å². The summed E-state index contributed by atoms with van der Waals surface area (Å²) in [5.41, 5.74) is 2.39. The van der Waals surface area contributed by atoms with Crippen LogP contribution in [0, 0.1) is 5.92 Å². The summed E-state index contributed by atoms with van der Waals surface area (Å²) >= 11 is 0. The van der Waals surface area contributed by atoms with Gasteiger partial charge in [-0.15, -0.1) is 0 Å². The highest BCUT2D eigenvalue weighted by atomic mass is 16.4. The van der Waals surface area contributed by atoms with Gasteiger partial charge in [-0.2, -0.15) is 0 Å². The lowest BCUT2D eigenvalue weighted by Crippen LogP contribution is -2.48. The maximum atomic E-state index is 12.9. The zero-order chi connectivity index (χ0) is 15.0. The predicted molar refractivity (Wildman–Crippen MR) is 79.0 cm³/mol. The van der Waals surface area contributed by atoms with Crippen molar-refractivity contribution in [2.24, 2.45) is 5.92 Å². The number of rotatable bonds is 2. The number of benzene rings is 1. The van der Waals surface area contributed by atoms with Gasteiger partial charge in [0, 0.05) is 12.6 Å². The highest BCUT2D eigenvalue weighted by Crippen LogP contribution is 2.36. The molecule has 1 aliphatic carbocycles. The highest BCUT2D eigenvalue weighted by Gasteiger charge is 2.37. The van der Waals surface area contributed by atoms with Gasteiger partial charge in [0.05, 0.1) is 11.8 Å². The number of fused-ring (bicyclic) bond motifs is 1. The number of aliphatic carboxylic acids is 1. The van der Waals surface area contributed by atoms with E-state index < -0.39 is 11.9 Å². The van der Waals surface area contributed by atoms with Crippen LogP contribution in [0.2, 0.25) is 0 Å². The summed E-state index contributed by atoms with van der Waals surface area (Å²) in [7, 11) is 0. The number of piperidine rings is 1. The Morgan fingerprint density at radius 1 is 1.19 bits per heavy atom. The molecule has 1 N–H and O–H groups in total. The van der Waals surface area contributed by atoms with Gasteiger partial charge in [-0.05, 0) is 43.7 Å². The second kappa shape index (κ2) is 5.51. The Hall–Kier alpha value is -1.84. The summed E-state index contributed by atoms with van der Waals surface area (Å²) in [5.74, 6) is -1.18. The van der Waals surface area contributed by atoms with Crippen LogP contribution >= 0.6 is 0 Å². The minimum absolute atomic E-state index is 0.0869. The second-order valence-corrected chi connectivity index (χ2v) is 6.24. The van der Waals surface area contributed by atoms with Crippen molar-refractivity contribution in [3.63, 3.8) is 0 Å². The van der Waals surface area contributed by atoms with Gasteiger partial charge in [-0.25, -0.2) is 0 Å². The van der Waals surface area contributed by atoms with E-state index in [1.54, 1.807) is 4.90 Å². The number of aryl methyl sites for hydroxylation is 1. The standard InChI is InChI=1S/C17H21NO3/c1-11-6-7-13(17(20)21)10-18(11)16(19)15-9-8-12-4-2-3-5-14(12)15/h2-5,11,13,15H,6-10H2,1H3,(H,20,21). The van der Waals surface area contributed by atoms with Crippen LogP contribution in [0.1, 0.15) is 43.2 Å². The number of carboxylic acids is 1. The number of hydrogen-bond acceptors (Lipinski definition) is 2. The number of carboxylic acid groups (broad SMARTS) is 1. The van der Waals surface area contributed by atoms with Crippen molar-refractivity contribution in [2.75, 3.05) is 6.54 Å². The third kappa shape index (κ3) is 2.55. The normalized spacial score (nSPS) is 28.2. The molecule has 0 bridgehead atoms. The fourth-order valence-electron chi connectivity index (χ4n) is 3.63. The van der Waals surface area contributed by atoms with Crippen molar-refractivity contribution < 1.29 is 14.7 Å².